The Morgan fingerprint density at radius 2 is 2.06 bits per heavy atom. The number of rotatable bonds is 2. The molecule has 5 rings (SSSR count). The van der Waals surface area contributed by atoms with Crippen LogP contribution < -0.4 is 0 Å². The summed E-state index contributed by atoms with van der Waals surface area (Å²) < 4.78 is 5.73. The van der Waals surface area contributed by atoms with Crippen molar-refractivity contribution < 1.29 is 9.53 Å². The van der Waals surface area contributed by atoms with Gasteiger partial charge in [0.25, 0.3) is 0 Å². The maximum atomic E-state index is 13.0. The van der Waals surface area contributed by atoms with Gasteiger partial charge in [-0.25, -0.2) is 9.78 Å². The van der Waals surface area contributed by atoms with Gasteiger partial charge in [-0.1, -0.05) is 0 Å². The first-order valence-electron chi connectivity index (χ1n) is 11.4. The van der Waals surface area contributed by atoms with Crippen molar-refractivity contribution in [3.05, 3.63) is 52.8 Å². The molecule has 1 saturated heterocycles. The summed E-state index contributed by atoms with van der Waals surface area (Å²) in [6, 6.07) is 6.69. The van der Waals surface area contributed by atoms with E-state index in [4.69, 9.17) is 4.74 Å². The number of carbonyl (C=O) groups excluding carboxylic acids is 1. The Kier molecular flexibility index (Phi) is 5.03. The van der Waals surface area contributed by atoms with Crippen LogP contribution in [0.1, 0.15) is 61.9 Å². The molecule has 4 heterocycles. The molecule has 1 fully saturated rings. The quantitative estimate of drug-likeness (QED) is 0.576. The second kappa shape index (κ2) is 7.76. The Bertz CT molecular complexity index is 1220. The minimum absolute atomic E-state index is 0.0238. The lowest BCUT2D eigenvalue weighted by Gasteiger charge is -2.31. The van der Waals surface area contributed by atoms with Gasteiger partial charge >= 0.3 is 6.09 Å². The number of hydrogen-bond acceptors (Lipinski definition) is 4. The molecule has 1 aromatic carbocycles. The SMILES string of the molecule is Cc1c[nH]c2ncc(-c3cc4c(c([C@@H]5CCCN5C(=O)OC(C)(C)C)c3)CCN=C4)cc12. The van der Waals surface area contributed by atoms with Crippen molar-refractivity contribution in [1.82, 2.24) is 14.9 Å². The van der Waals surface area contributed by atoms with Gasteiger partial charge in [-0.2, -0.15) is 0 Å². The Hall–Kier alpha value is -3.15. The standard InChI is InChI=1S/C26H30N4O2/c1-16-13-28-24-21(16)12-18(15-29-24)17-10-19-14-27-8-7-20(19)22(11-17)23-6-5-9-30(23)25(31)32-26(2,3)4/h10-15,23H,5-9H2,1-4H3,(H,28,29)/t23-/m0/s1. The van der Waals surface area contributed by atoms with Gasteiger partial charge in [-0.05, 0) is 93.0 Å². The number of amides is 1. The number of fused-ring (bicyclic) bond motifs is 2. The van der Waals surface area contributed by atoms with E-state index in [0.717, 1.165) is 60.1 Å². The molecular formula is C26H30N4O2. The molecule has 3 aromatic rings. The summed E-state index contributed by atoms with van der Waals surface area (Å²) in [4.78, 5) is 27.3. The number of likely N-dealkylation sites (tertiary alicyclic amines) is 1. The Morgan fingerprint density at radius 3 is 2.88 bits per heavy atom. The number of aromatic amines is 1. The Balaban J connectivity index is 1.59. The van der Waals surface area contributed by atoms with Crippen molar-refractivity contribution >= 4 is 23.3 Å². The van der Waals surface area contributed by atoms with Crippen LogP contribution in [0.15, 0.2) is 35.6 Å². The molecule has 1 atom stereocenters. The van der Waals surface area contributed by atoms with E-state index in [-0.39, 0.29) is 12.1 Å². The minimum atomic E-state index is -0.506. The van der Waals surface area contributed by atoms with E-state index in [1.807, 2.05) is 44.3 Å². The molecule has 2 aliphatic heterocycles. The van der Waals surface area contributed by atoms with Crippen LogP contribution >= 0.6 is 0 Å². The van der Waals surface area contributed by atoms with Gasteiger partial charge < -0.3 is 14.6 Å². The van der Waals surface area contributed by atoms with Crippen molar-refractivity contribution in [2.45, 2.75) is 58.6 Å². The van der Waals surface area contributed by atoms with E-state index in [2.05, 4.69) is 40.1 Å². The second-order valence-corrected chi connectivity index (χ2v) is 9.84. The molecule has 0 saturated carbocycles. The highest BCUT2D eigenvalue weighted by molar-refractivity contribution is 5.89. The predicted molar refractivity (Wildman–Crippen MR) is 127 cm³/mol. The highest BCUT2D eigenvalue weighted by Crippen LogP contribution is 2.39. The number of hydrogen-bond donors (Lipinski definition) is 1. The van der Waals surface area contributed by atoms with Crippen molar-refractivity contribution in [2.75, 3.05) is 13.1 Å². The van der Waals surface area contributed by atoms with Crippen molar-refractivity contribution in [3.8, 4) is 11.1 Å². The Labute approximate surface area is 188 Å². The second-order valence-electron chi connectivity index (χ2n) is 9.84. The zero-order valence-corrected chi connectivity index (χ0v) is 19.2. The van der Waals surface area contributed by atoms with Crippen LogP contribution in [0.3, 0.4) is 0 Å². The van der Waals surface area contributed by atoms with Crippen LogP contribution in [0.4, 0.5) is 4.79 Å². The van der Waals surface area contributed by atoms with Gasteiger partial charge in [0, 0.05) is 42.6 Å². The zero-order valence-electron chi connectivity index (χ0n) is 19.2. The van der Waals surface area contributed by atoms with Crippen LogP contribution in [0.2, 0.25) is 0 Å². The highest BCUT2D eigenvalue weighted by atomic mass is 16.6. The van der Waals surface area contributed by atoms with Gasteiger partial charge in [0.2, 0.25) is 0 Å². The fourth-order valence-electron chi connectivity index (χ4n) is 4.85. The van der Waals surface area contributed by atoms with E-state index in [9.17, 15) is 4.79 Å². The van der Waals surface area contributed by atoms with E-state index >= 15 is 0 Å². The average Bonchev–Trinajstić information content (AvgIpc) is 3.39. The van der Waals surface area contributed by atoms with Gasteiger partial charge in [0.15, 0.2) is 0 Å². The molecular weight excluding hydrogens is 400 g/mol. The molecule has 0 unspecified atom stereocenters. The summed E-state index contributed by atoms with van der Waals surface area (Å²) in [6.45, 7) is 9.35. The summed E-state index contributed by atoms with van der Waals surface area (Å²) in [7, 11) is 0. The van der Waals surface area contributed by atoms with Crippen LogP contribution in [0, 0.1) is 6.92 Å². The number of pyridine rings is 1. The third kappa shape index (κ3) is 3.78. The monoisotopic (exact) mass is 430 g/mol. The maximum Gasteiger partial charge on any atom is 0.410 e. The van der Waals surface area contributed by atoms with Gasteiger partial charge in [-0.15, -0.1) is 0 Å². The van der Waals surface area contributed by atoms with E-state index < -0.39 is 5.60 Å². The maximum absolute atomic E-state index is 13.0. The molecule has 6 nitrogen and oxygen atoms in total. The molecule has 1 N–H and O–H groups in total. The Morgan fingerprint density at radius 1 is 1.22 bits per heavy atom. The smallest absolute Gasteiger partial charge is 0.410 e. The molecule has 2 aromatic heterocycles. The van der Waals surface area contributed by atoms with Crippen LogP contribution in [-0.4, -0.2) is 45.9 Å². The number of aliphatic imine (C=N–C) groups is 1. The fourth-order valence-corrected chi connectivity index (χ4v) is 4.85. The van der Waals surface area contributed by atoms with Crippen molar-refractivity contribution in [1.29, 1.82) is 0 Å². The van der Waals surface area contributed by atoms with Crippen LogP contribution in [0.5, 0.6) is 0 Å². The third-order valence-electron chi connectivity index (χ3n) is 6.35. The summed E-state index contributed by atoms with van der Waals surface area (Å²) in [5.41, 5.74) is 7.43. The summed E-state index contributed by atoms with van der Waals surface area (Å²) in [6.07, 6.45) is 8.48. The number of aryl methyl sites for hydroxylation is 1. The van der Waals surface area contributed by atoms with Crippen LogP contribution in [0.25, 0.3) is 22.2 Å². The number of ether oxygens (including phenoxy) is 1. The molecule has 0 spiro atoms. The molecule has 0 radical (unpaired) electrons. The lowest BCUT2D eigenvalue weighted by atomic mass is 9.88. The first kappa shape index (κ1) is 20.7. The molecule has 32 heavy (non-hydrogen) atoms. The number of benzene rings is 1. The lowest BCUT2D eigenvalue weighted by Crippen LogP contribution is -2.36. The van der Waals surface area contributed by atoms with E-state index in [1.165, 1.54) is 16.7 Å². The van der Waals surface area contributed by atoms with Crippen molar-refractivity contribution in [3.63, 3.8) is 0 Å². The number of nitrogens with one attached hydrogen (secondary N) is 1. The minimum Gasteiger partial charge on any atom is -0.444 e. The van der Waals surface area contributed by atoms with Gasteiger partial charge in [0.1, 0.15) is 11.2 Å². The fraction of sp³-hybridized carbons (Fsp3) is 0.423. The molecule has 1 amide bonds. The summed E-state index contributed by atoms with van der Waals surface area (Å²) in [5, 5.41) is 1.13. The lowest BCUT2D eigenvalue weighted by molar-refractivity contribution is 0.0224. The molecule has 166 valence electrons. The number of H-pyrrole nitrogens is 1. The van der Waals surface area contributed by atoms with Gasteiger partial charge in [-0.3, -0.25) is 4.99 Å². The molecule has 0 bridgehead atoms. The summed E-state index contributed by atoms with van der Waals surface area (Å²) in [5.74, 6) is 0. The van der Waals surface area contributed by atoms with E-state index in [1.54, 1.807) is 0 Å². The molecule has 0 aliphatic carbocycles. The first-order valence-corrected chi connectivity index (χ1v) is 11.4. The molecule has 6 heteroatoms. The first-order chi connectivity index (χ1) is 15.3. The number of aromatic nitrogens is 2. The zero-order chi connectivity index (χ0) is 22.5. The van der Waals surface area contributed by atoms with Gasteiger partial charge in [0.05, 0.1) is 6.04 Å². The topological polar surface area (TPSA) is 70.6 Å². The van der Waals surface area contributed by atoms with E-state index in [0.29, 0.717) is 0 Å². The third-order valence-corrected chi connectivity index (χ3v) is 6.35. The highest BCUT2D eigenvalue weighted by Gasteiger charge is 2.35. The average molecular weight is 431 g/mol. The number of carbonyl (C=O) groups is 1. The van der Waals surface area contributed by atoms with Crippen LogP contribution in [-0.2, 0) is 11.2 Å². The number of nitrogens with zero attached hydrogens (tertiary/aromatic N) is 3. The largest absolute Gasteiger partial charge is 0.444 e. The van der Waals surface area contributed by atoms with Crippen molar-refractivity contribution in [2.24, 2.45) is 4.99 Å². The summed E-state index contributed by atoms with van der Waals surface area (Å²) >= 11 is 0. The predicted octanol–water partition coefficient (Wildman–Crippen LogP) is 5.59. The normalized spacial score (nSPS) is 18.2. The molecule has 2 aliphatic rings.